The van der Waals surface area contributed by atoms with Crippen molar-refractivity contribution in [2.75, 3.05) is 6.54 Å². The van der Waals surface area contributed by atoms with E-state index in [2.05, 4.69) is 28.8 Å². The molecule has 4 nitrogen and oxygen atoms in total. The van der Waals surface area contributed by atoms with Gasteiger partial charge in [-0.25, -0.2) is 9.97 Å². The van der Waals surface area contributed by atoms with Gasteiger partial charge in [0.25, 0.3) is 0 Å². The number of hydrogen-bond donors (Lipinski definition) is 1. The van der Waals surface area contributed by atoms with Crippen LogP contribution in [-0.4, -0.2) is 27.7 Å². The van der Waals surface area contributed by atoms with Crippen LogP contribution in [0.5, 0.6) is 0 Å². The first-order valence-corrected chi connectivity index (χ1v) is 9.60. The Kier molecular flexibility index (Phi) is 5.02. The van der Waals surface area contributed by atoms with Crippen LogP contribution in [0, 0.1) is 5.92 Å². The summed E-state index contributed by atoms with van der Waals surface area (Å²) in [6.45, 7) is 8.34. The van der Waals surface area contributed by atoms with Crippen molar-refractivity contribution in [1.82, 2.24) is 15.3 Å². The summed E-state index contributed by atoms with van der Waals surface area (Å²) in [5.41, 5.74) is 1.41. The maximum atomic E-state index is 12.1. The Labute approximate surface area is 144 Å². The largest absolute Gasteiger partial charge is 0.352 e. The Morgan fingerprint density at radius 3 is 3.22 bits per heavy atom. The van der Waals surface area contributed by atoms with Gasteiger partial charge in [0.1, 0.15) is 16.2 Å². The molecule has 1 aliphatic carbocycles. The average Bonchev–Trinajstić information content (AvgIpc) is 2.90. The summed E-state index contributed by atoms with van der Waals surface area (Å²) < 4.78 is 0. The van der Waals surface area contributed by atoms with Crippen molar-refractivity contribution in [2.45, 2.75) is 43.4 Å². The fourth-order valence-electron chi connectivity index (χ4n) is 2.87. The second kappa shape index (κ2) is 7.01. The molecule has 0 spiro atoms. The van der Waals surface area contributed by atoms with Gasteiger partial charge in [-0.2, -0.15) is 0 Å². The van der Waals surface area contributed by atoms with Gasteiger partial charge >= 0.3 is 0 Å². The molecular formula is C17H21N3OS2. The van der Waals surface area contributed by atoms with Crippen LogP contribution < -0.4 is 5.32 Å². The number of fused-ring (bicyclic) bond motifs is 3. The van der Waals surface area contributed by atoms with Crippen LogP contribution in [0.2, 0.25) is 0 Å². The van der Waals surface area contributed by atoms with Gasteiger partial charge in [0.2, 0.25) is 5.91 Å². The number of aryl methyl sites for hydroxylation is 1. The number of nitrogens with one attached hydrogen (secondary N) is 1. The van der Waals surface area contributed by atoms with Crippen molar-refractivity contribution in [2.24, 2.45) is 5.92 Å². The van der Waals surface area contributed by atoms with E-state index in [1.165, 1.54) is 34.0 Å². The Morgan fingerprint density at radius 2 is 2.43 bits per heavy atom. The molecule has 3 rings (SSSR count). The van der Waals surface area contributed by atoms with Crippen LogP contribution >= 0.6 is 23.1 Å². The fraction of sp³-hybridized carbons (Fsp3) is 0.471. The first kappa shape index (κ1) is 16.5. The van der Waals surface area contributed by atoms with Crippen molar-refractivity contribution in [1.29, 1.82) is 0 Å². The van der Waals surface area contributed by atoms with Crippen LogP contribution in [0.15, 0.2) is 24.0 Å². The quantitative estimate of drug-likeness (QED) is 0.510. The lowest BCUT2D eigenvalue weighted by Crippen LogP contribution is -2.30. The van der Waals surface area contributed by atoms with Crippen LogP contribution in [0.3, 0.4) is 0 Å². The van der Waals surface area contributed by atoms with E-state index in [9.17, 15) is 4.79 Å². The maximum Gasteiger partial charge on any atom is 0.233 e. The van der Waals surface area contributed by atoms with E-state index in [1.54, 1.807) is 23.7 Å². The van der Waals surface area contributed by atoms with Gasteiger partial charge < -0.3 is 5.32 Å². The van der Waals surface area contributed by atoms with Crippen LogP contribution in [0.25, 0.3) is 10.2 Å². The molecule has 0 unspecified atom stereocenters. The highest BCUT2D eigenvalue weighted by atomic mass is 32.2. The minimum Gasteiger partial charge on any atom is -0.352 e. The van der Waals surface area contributed by atoms with Crippen molar-refractivity contribution in [3.63, 3.8) is 0 Å². The molecule has 1 amide bonds. The zero-order valence-electron chi connectivity index (χ0n) is 13.5. The van der Waals surface area contributed by atoms with Gasteiger partial charge in [0.15, 0.2) is 0 Å². The first-order valence-electron chi connectivity index (χ1n) is 7.90. The van der Waals surface area contributed by atoms with Crippen molar-refractivity contribution in [3.05, 3.63) is 29.4 Å². The van der Waals surface area contributed by atoms with Crippen molar-refractivity contribution in [3.8, 4) is 0 Å². The molecule has 0 aromatic carbocycles. The first-order chi connectivity index (χ1) is 11.1. The van der Waals surface area contributed by atoms with E-state index in [0.29, 0.717) is 6.54 Å². The zero-order chi connectivity index (χ0) is 16.4. The van der Waals surface area contributed by atoms with Crippen LogP contribution in [0.4, 0.5) is 0 Å². The number of amides is 1. The number of carbonyl (C=O) groups excluding carboxylic acids is 1. The minimum absolute atomic E-state index is 0.0133. The minimum atomic E-state index is -0.189. The maximum absolute atomic E-state index is 12.1. The number of rotatable bonds is 5. The number of thioether (sulfide) groups is 1. The molecule has 0 radical (unpaired) electrons. The number of hydrogen-bond acceptors (Lipinski definition) is 5. The summed E-state index contributed by atoms with van der Waals surface area (Å²) >= 11 is 3.31. The molecule has 2 atom stereocenters. The Hall–Kier alpha value is -1.40. The molecule has 2 aromatic heterocycles. The normalized spacial score (nSPS) is 18.4. The van der Waals surface area contributed by atoms with Crippen LogP contribution in [0.1, 0.15) is 30.7 Å². The van der Waals surface area contributed by atoms with E-state index in [0.717, 1.165) is 28.6 Å². The zero-order valence-corrected chi connectivity index (χ0v) is 15.1. The highest BCUT2D eigenvalue weighted by molar-refractivity contribution is 8.00. The molecular weight excluding hydrogens is 326 g/mol. The Balaban J connectivity index is 1.89. The summed E-state index contributed by atoms with van der Waals surface area (Å²) in [6.07, 6.45) is 6.75. The molecule has 0 saturated carbocycles. The van der Waals surface area contributed by atoms with E-state index in [4.69, 9.17) is 0 Å². The molecule has 1 N–H and O–H groups in total. The third-order valence-electron chi connectivity index (χ3n) is 4.14. The highest BCUT2D eigenvalue weighted by Crippen LogP contribution is 2.41. The summed E-state index contributed by atoms with van der Waals surface area (Å²) in [5.74, 6) is 0.752. The molecule has 2 aromatic rings. The standard InChI is InChI=1S/C17H21N3OS2/c1-4-7-18-15(21)11(3)22-16-14-12-6-5-10(2)8-13(12)23-17(14)20-9-19-16/h4,9-11H,1,5-8H2,2-3H3,(H,18,21)/t10-,11-/m0/s1. The van der Waals surface area contributed by atoms with E-state index >= 15 is 0 Å². The lowest BCUT2D eigenvalue weighted by Gasteiger charge is -2.18. The second-order valence-corrected chi connectivity index (χ2v) is 8.42. The SMILES string of the molecule is C=CCNC(=O)[C@H](C)Sc1ncnc2sc3c(c12)CC[C@H](C)C3. The highest BCUT2D eigenvalue weighted by Gasteiger charge is 2.24. The third-order valence-corrected chi connectivity index (χ3v) is 6.40. The predicted octanol–water partition coefficient (Wildman–Crippen LogP) is 3.60. The van der Waals surface area contributed by atoms with E-state index in [-0.39, 0.29) is 11.2 Å². The average molecular weight is 348 g/mol. The molecule has 0 fully saturated rings. The lowest BCUT2D eigenvalue weighted by atomic mass is 9.89. The Bertz CT molecular complexity index is 741. The van der Waals surface area contributed by atoms with Gasteiger partial charge in [-0.05, 0) is 37.7 Å². The van der Waals surface area contributed by atoms with E-state index < -0.39 is 0 Å². The van der Waals surface area contributed by atoms with Gasteiger partial charge in [-0.1, -0.05) is 24.8 Å². The van der Waals surface area contributed by atoms with Gasteiger partial charge in [-0.3, -0.25) is 4.79 Å². The van der Waals surface area contributed by atoms with Gasteiger partial charge in [0, 0.05) is 16.8 Å². The van der Waals surface area contributed by atoms with Crippen molar-refractivity contribution < 1.29 is 4.79 Å². The monoisotopic (exact) mass is 347 g/mol. The molecule has 2 heterocycles. The smallest absolute Gasteiger partial charge is 0.233 e. The third kappa shape index (κ3) is 3.43. The van der Waals surface area contributed by atoms with Crippen molar-refractivity contribution >= 4 is 39.2 Å². The molecule has 6 heteroatoms. The Morgan fingerprint density at radius 1 is 1.61 bits per heavy atom. The van der Waals surface area contributed by atoms with Crippen LogP contribution in [-0.2, 0) is 17.6 Å². The molecule has 23 heavy (non-hydrogen) atoms. The summed E-state index contributed by atoms with van der Waals surface area (Å²) in [4.78, 5) is 23.5. The summed E-state index contributed by atoms with van der Waals surface area (Å²) in [7, 11) is 0. The predicted molar refractivity (Wildman–Crippen MR) is 97.1 cm³/mol. The van der Waals surface area contributed by atoms with Gasteiger partial charge in [0.05, 0.1) is 5.25 Å². The summed E-state index contributed by atoms with van der Waals surface area (Å²) in [6, 6.07) is 0. The molecule has 1 aliphatic rings. The molecule has 0 bridgehead atoms. The van der Waals surface area contributed by atoms with Gasteiger partial charge in [-0.15, -0.1) is 17.9 Å². The second-order valence-electron chi connectivity index (χ2n) is 6.00. The molecule has 0 saturated heterocycles. The lowest BCUT2D eigenvalue weighted by molar-refractivity contribution is -0.120. The molecule has 0 aliphatic heterocycles. The summed E-state index contributed by atoms with van der Waals surface area (Å²) in [5, 5.41) is 4.76. The number of nitrogens with zero attached hydrogens (tertiary/aromatic N) is 2. The number of aromatic nitrogens is 2. The topological polar surface area (TPSA) is 54.9 Å². The number of carbonyl (C=O) groups is 1. The molecule has 122 valence electrons. The van der Waals surface area contributed by atoms with E-state index in [1.807, 2.05) is 6.92 Å². The number of thiophene rings is 1. The fourth-order valence-corrected chi connectivity index (χ4v) is 5.26.